The van der Waals surface area contributed by atoms with Gasteiger partial charge in [0.15, 0.2) is 11.2 Å². The first kappa shape index (κ1) is 24.3. The molecular formula is C28H29N5O4. The van der Waals surface area contributed by atoms with Crippen LogP contribution in [0.2, 0.25) is 0 Å². The van der Waals surface area contributed by atoms with E-state index in [-0.39, 0.29) is 5.97 Å². The number of unbranched alkanes of at least 4 members (excludes halogenated alkanes) is 1. The van der Waals surface area contributed by atoms with E-state index in [1.54, 1.807) is 23.6 Å². The van der Waals surface area contributed by atoms with E-state index >= 15 is 0 Å². The fourth-order valence-electron chi connectivity index (χ4n) is 4.48. The monoisotopic (exact) mass is 499 g/mol. The van der Waals surface area contributed by atoms with Crippen molar-refractivity contribution in [2.24, 2.45) is 14.1 Å². The highest BCUT2D eigenvalue weighted by molar-refractivity contribution is 5.89. The van der Waals surface area contributed by atoms with Crippen molar-refractivity contribution >= 4 is 22.9 Å². The smallest absolute Gasteiger partial charge is 0.338 e. The van der Waals surface area contributed by atoms with Gasteiger partial charge < -0.3 is 4.74 Å². The molecule has 3 heterocycles. The van der Waals surface area contributed by atoms with Crippen molar-refractivity contribution in [3.63, 3.8) is 0 Å². The van der Waals surface area contributed by atoms with E-state index in [1.165, 1.54) is 17.2 Å². The van der Waals surface area contributed by atoms with Gasteiger partial charge in [-0.05, 0) is 42.7 Å². The van der Waals surface area contributed by atoms with E-state index in [2.05, 4.69) is 19.1 Å². The Bertz CT molecular complexity index is 1740. The molecule has 0 saturated heterocycles. The van der Waals surface area contributed by atoms with Gasteiger partial charge in [-0.2, -0.15) is 4.98 Å². The van der Waals surface area contributed by atoms with Crippen LogP contribution in [-0.2, 0) is 25.3 Å². The van der Waals surface area contributed by atoms with Crippen molar-refractivity contribution in [3.8, 4) is 16.9 Å². The van der Waals surface area contributed by atoms with E-state index < -0.39 is 11.2 Å². The summed E-state index contributed by atoms with van der Waals surface area (Å²) in [5, 5.41) is 0. The van der Waals surface area contributed by atoms with Gasteiger partial charge in [0, 0.05) is 31.5 Å². The molecule has 0 fully saturated rings. The summed E-state index contributed by atoms with van der Waals surface area (Å²) in [6.45, 7) is 4.54. The molecule has 0 atom stereocenters. The minimum absolute atomic E-state index is 0.306. The molecule has 0 aliphatic heterocycles. The van der Waals surface area contributed by atoms with Crippen LogP contribution in [0, 0.1) is 0 Å². The third-order valence-electron chi connectivity index (χ3n) is 6.72. The third kappa shape index (κ3) is 4.06. The molecule has 0 aliphatic carbocycles. The van der Waals surface area contributed by atoms with Gasteiger partial charge in [-0.15, -0.1) is 0 Å². The van der Waals surface area contributed by atoms with Gasteiger partial charge in [0.2, 0.25) is 5.78 Å². The molecule has 190 valence electrons. The van der Waals surface area contributed by atoms with Crippen LogP contribution >= 0.6 is 0 Å². The number of imidazole rings is 2. The van der Waals surface area contributed by atoms with Crippen molar-refractivity contribution < 1.29 is 9.53 Å². The number of carbonyl (C=O) groups excluding carboxylic acids is 1. The molecule has 0 unspecified atom stereocenters. The second-order valence-corrected chi connectivity index (χ2v) is 9.10. The van der Waals surface area contributed by atoms with Crippen LogP contribution in [-0.4, -0.2) is 35.7 Å². The Balaban J connectivity index is 1.72. The standard InChI is InChI=1S/C28H29N5O4/c1-5-7-16-37-26(35)20-12-14-21(15-13-20)33-22(19-10-8-18(6-2)9-11-19)17-32-23-24(29-27(32)33)30(3)28(36)31(4)25(23)34/h8-15,17H,5-7,16H2,1-4H3. The average molecular weight is 500 g/mol. The van der Waals surface area contributed by atoms with Crippen LogP contribution in [0.3, 0.4) is 0 Å². The molecule has 0 amide bonds. The van der Waals surface area contributed by atoms with Crippen LogP contribution in [0.4, 0.5) is 0 Å². The van der Waals surface area contributed by atoms with Crippen molar-refractivity contribution in [1.29, 1.82) is 0 Å². The Hall–Kier alpha value is -4.40. The molecule has 5 aromatic rings. The van der Waals surface area contributed by atoms with Gasteiger partial charge in [0.05, 0.1) is 17.9 Å². The summed E-state index contributed by atoms with van der Waals surface area (Å²) in [4.78, 5) is 42.8. The van der Waals surface area contributed by atoms with Gasteiger partial charge >= 0.3 is 11.7 Å². The Morgan fingerprint density at radius 1 is 0.946 bits per heavy atom. The number of aryl methyl sites for hydroxylation is 2. The van der Waals surface area contributed by atoms with Crippen molar-refractivity contribution in [2.45, 2.75) is 33.1 Å². The fourth-order valence-corrected chi connectivity index (χ4v) is 4.48. The lowest BCUT2D eigenvalue weighted by atomic mass is 10.1. The number of fused-ring (bicyclic) bond motifs is 3. The maximum absolute atomic E-state index is 13.1. The summed E-state index contributed by atoms with van der Waals surface area (Å²) in [6, 6.07) is 15.3. The first-order chi connectivity index (χ1) is 17.8. The minimum Gasteiger partial charge on any atom is -0.462 e. The SMILES string of the molecule is CCCCOC(=O)c1ccc(-n2c(-c3ccc(CC)cc3)cn3c4c(=O)n(C)c(=O)n(C)c4nc23)cc1. The quantitative estimate of drug-likeness (QED) is 0.250. The lowest BCUT2D eigenvalue weighted by Gasteiger charge is -2.11. The molecule has 0 spiro atoms. The summed E-state index contributed by atoms with van der Waals surface area (Å²) >= 11 is 0. The number of rotatable bonds is 7. The number of benzene rings is 2. The van der Waals surface area contributed by atoms with E-state index in [0.29, 0.717) is 29.1 Å². The summed E-state index contributed by atoms with van der Waals surface area (Å²) in [5.74, 6) is 0.124. The van der Waals surface area contributed by atoms with Gasteiger partial charge in [-0.25, -0.2) is 9.59 Å². The Kier molecular flexibility index (Phi) is 6.29. The third-order valence-corrected chi connectivity index (χ3v) is 6.72. The molecule has 0 radical (unpaired) electrons. The van der Waals surface area contributed by atoms with E-state index in [4.69, 9.17) is 9.72 Å². The van der Waals surface area contributed by atoms with Crippen molar-refractivity contribution in [1.82, 2.24) is 23.1 Å². The largest absolute Gasteiger partial charge is 0.462 e. The van der Waals surface area contributed by atoms with Crippen molar-refractivity contribution in [3.05, 3.63) is 86.7 Å². The maximum atomic E-state index is 13.1. The fraction of sp³-hybridized carbons (Fsp3) is 0.286. The molecular weight excluding hydrogens is 470 g/mol. The Morgan fingerprint density at radius 3 is 2.30 bits per heavy atom. The number of hydrogen-bond donors (Lipinski definition) is 0. The summed E-state index contributed by atoms with van der Waals surface area (Å²) < 4.78 is 11.5. The van der Waals surface area contributed by atoms with Gasteiger partial charge in [-0.3, -0.25) is 22.9 Å². The van der Waals surface area contributed by atoms with Crippen LogP contribution in [0.1, 0.15) is 42.6 Å². The highest BCUT2D eigenvalue weighted by Crippen LogP contribution is 2.29. The number of nitrogens with zero attached hydrogens (tertiary/aromatic N) is 5. The highest BCUT2D eigenvalue weighted by Gasteiger charge is 2.22. The molecule has 3 aromatic heterocycles. The summed E-state index contributed by atoms with van der Waals surface area (Å²) in [7, 11) is 3.06. The number of ether oxygens (including phenoxy) is 1. The molecule has 0 saturated carbocycles. The second kappa shape index (κ2) is 9.57. The number of aromatic nitrogens is 5. The predicted octanol–water partition coefficient (Wildman–Crippen LogP) is 3.86. The Labute approximate surface area is 213 Å². The zero-order valence-corrected chi connectivity index (χ0v) is 21.4. The maximum Gasteiger partial charge on any atom is 0.338 e. The molecule has 9 nitrogen and oxygen atoms in total. The van der Waals surface area contributed by atoms with E-state index in [9.17, 15) is 14.4 Å². The normalized spacial score (nSPS) is 11.5. The average Bonchev–Trinajstić information content (AvgIpc) is 3.47. The zero-order chi connectivity index (χ0) is 26.3. The topological polar surface area (TPSA) is 92.5 Å². The summed E-state index contributed by atoms with van der Waals surface area (Å²) in [6.07, 6.45) is 4.56. The molecule has 5 rings (SSSR count). The highest BCUT2D eigenvalue weighted by atomic mass is 16.5. The molecule has 0 N–H and O–H groups in total. The number of esters is 1. The molecule has 37 heavy (non-hydrogen) atoms. The molecule has 0 aliphatic rings. The zero-order valence-electron chi connectivity index (χ0n) is 21.4. The van der Waals surface area contributed by atoms with Gasteiger partial charge in [0.1, 0.15) is 0 Å². The van der Waals surface area contributed by atoms with E-state index in [1.807, 2.05) is 42.0 Å². The number of hydrogen-bond acceptors (Lipinski definition) is 5. The second-order valence-electron chi connectivity index (χ2n) is 9.10. The molecule has 0 bridgehead atoms. The predicted molar refractivity (Wildman–Crippen MR) is 143 cm³/mol. The minimum atomic E-state index is -0.439. The first-order valence-corrected chi connectivity index (χ1v) is 12.4. The molecule has 2 aromatic carbocycles. The lowest BCUT2D eigenvalue weighted by Crippen LogP contribution is -2.37. The Morgan fingerprint density at radius 2 is 1.65 bits per heavy atom. The van der Waals surface area contributed by atoms with Gasteiger partial charge in [-0.1, -0.05) is 44.5 Å². The van der Waals surface area contributed by atoms with E-state index in [0.717, 1.165) is 40.8 Å². The van der Waals surface area contributed by atoms with Crippen LogP contribution in [0.25, 0.3) is 33.9 Å². The first-order valence-electron chi connectivity index (χ1n) is 12.4. The van der Waals surface area contributed by atoms with Crippen molar-refractivity contribution in [2.75, 3.05) is 6.61 Å². The summed E-state index contributed by atoms with van der Waals surface area (Å²) in [5.41, 5.74) is 3.97. The number of carbonyl (C=O) groups is 1. The van der Waals surface area contributed by atoms with Crippen LogP contribution in [0.15, 0.2) is 64.3 Å². The van der Waals surface area contributed by atoms with Crippen LogP contribution < -0.4 is 11.2 Å². The van der Waals surface area contributed by atoms with Crippen LogP contribution in [0.5, 0.6) is 0 Å². The van der Waals surface area contributed by atoms with Gasteiger partial charge in [0.25, 0.3) is 5.56 Å². The molecule has 9 heteroatoms. The lowest BCUT2D eigenvalue weighted by molar-refractivity contribution is 0.0500.